The van der Waals surface area contributed by atoms with Crippen LogP contribution in [0.2, 0.25) is 0 Å². The molecule has 3 rings (SSSR count). The van der Waals surface area contributed by atoms with Gasteiger partial charge in [-0.15, -0.1) is 0 Å². The molecule has 0 unspecified atom stereocenters. The van der Waals surface area contributed by atoms with Crippen LogP contribution in [0.5, 0.6) is 5.75 Å². The van der Waals surface area contributed by atoms with E-state index in [9.17, 15) is 0 Å². The van der Waals surface area contributed by atoms with Crippen molar-refractivity contribution in [3.05, 3.63) is 65.7 Å². The Morgan fingerprint density at radius 2 is 1.81 bits per heavy atom. The van der Waals surface area contributed by atoms with E-state index in [1.54, 1.807) is 0 Å². The van der Waals surface area contributed by atoms with Crippen LogP contribution < -0.4 is 10.1 Å². The van der Waals surface area contributed by atoms with Crippen LogP contribution in [0.15, 0.2) is 54.6 Å². The predicted molar refractivity (Wildman–Crippen MR) is 88.6 cm³/mol. The molecule has 1 aliphatic rings. The van der Waals surface area contributed by atoms with Crippen molar-refractivity contribution in [3.8, 4) is 5.75 Å². The van der Waals surface area contributed by atoms with Crippen molar-refractivity contribution >= 4 is 11.3 Å². The van der Waals surface area contributed by atoms with E-state index >= 15 is 0 Å². The van der Waals surface area contributed by atoms with Gasteiger partial charge in [-0.05, 0) is 44.0 Å². The molecule has 21 heavy (non-hydrogen) atoms. The van der Waals surface area contributed by atoms with Gasteiger partial charge in [0.15, 0.2) is 0 Å². The standard InChI is InChI=1S/C19H21NO/c1-14-12-19(2,3)20-18-11-16(9-10-17(14)18)21-13-15-7-5-4-6-8-15/h4-12,20H,13H2,1-3H3. The van der Waals surface area contributed by atoms with Gasteiger partial charge in [-0.2, -0.15) is 0 Å². The summed E-state index contributed by atoms with van der Waals surface area (Å²) in [5.41, 5.74) is 4.87. The molecule has 108 valence electrons. The second-order valence-corrected chi connectivity index (χ2v) is 6.16. The highest BCUT2D eigenvalue weighted by atomic mass is 16.5. The molecule has 0 aliphatic carbocycles. The molecule has 0 saturated carbocycles. The van der Waals surface area contributed by atoms with Crippen molar-refractivity contribution in [1.29, 1.82) is 0 Å². The van der Waals surface area contributed by atoms with E-state index in [-0.39, 0.29) is 5.54 Å². The Balaban J connectivity index is 1.79. The van der Waals surface area contributed by atoms with Gasteiger partial charge in [-0.1, -0.05) is 36.4 Å². The summed E-state index contributed by atoms with van der Waals surface area (Å²) in [4.78, 5) is 0. The lowest BCUT2D eigenvalue weighted by atomic mass is 9.91. The zero-order chi connectivity index (χ0) is 14.9. The van der Waals surface area contributed by atoms with Gasteiger partial charge in [0.2, 0.25) is 0 Å². The normalized spacial score (nSPS) is 15.7. The maximum Gasteiger partial charge on any atom is 0.121 e. The molecule has 1 heterocycles. The minimum atomic E-state index is -0.0187. The Labute approximate surface area is 126 Å². The zero-order valence-corrected chi connectivity index (χ0v) is 12.8. The van der Waals surface area contributed by atoms with Crippen molar-refractivity contribution in [2.75, 3.05) is 5.32 Å². The highest BCUT2D eigenvalue weighted by Gasteiger charge is 2.22. The number of allylic oxidation sites excluding steroid dienone is 1. The molecule has 0 amide bonds. The topological polar surface area (TPSA) is 21.3 Å². The summed E-state index contributed by atoms with van der Waals surface area (Å²) in [5, 5.41) is 3.55. The second kappa shape index (κ2) is 5.28. The summed E-state index contributed by atoms with van der Waals surface area (Å²) in [7, 11) is 0. The first-order chi connectivity index (χ1) is 10.0. The zero-order valence-electron chi connectivity index (χ0n) is 12.8. The quantitative estimate of drug-likeness (QED) is 0.865. The molecule has 0 spiro atoms. The summed E-state index contributed by atoms with van der Waals surface area (Å²) < 4.78 is 5.90. The first kappa shape index (κ1) is 13.7. The fraction of sp³-hybridized carbons (Fsp3) is 0.263. The number of hydrogen-bond donors (Lipinski definition) is 1. The minimum absolute atomic E-state index is 0.0187. The van der Waals surface area contributed by atoms with Gasteiger partial charge in [-0.3, -0.25) is 0 Å². The molecular formula is C19H21NO. The molecule has 0 fully saturated rings. The van der Waals surface area contributed by atoms with E-state index in [1.165, 1.54) is 16.7 Å². The van der Waals surface area contributed by atoms with Crippen molar-refractivity contribution < 1.29 is 4.74 Å². The Hall–Kier alpha value is -2.22. The van der Waals surface area contributed by atoms with Crippen LogP contribution in [-0.4, -0.2) is 5.54 Å². The molecule has 1 N–H and O–H groups in total. The smallest absolute Gasteiger partial charge is 0.121 e. The lowest BCUT2D eigenvalue weighted by molar-refractivity contribution is 0.306. The number of fused-ring (bicyclic) bond motifs is 1. The number of anilines is 1. The van der Waals surface area contributed by atoms with Crippen molar-refractivity contribution in [2.24, 2.45) is 0 Å². The Bertz CT molecular complexity index is 671. The van der Waals surface area contributed by atoms with Gasteiger partial charge >= 0.3 is 0 Å². The van der Waals surface area contributed by atoms with E-state index in [0.29, 0.717) is 6.61 Å². The summed E-state index contributed by atoms with van der Waals surface area (Å²) in [5.74, 6) is 0.899. The average Bonchev–Trinajstić information content (AvgIpc) is 2.44. The second-order valence-electron chi connectivity index (χ2n) is 6.16. The summed E-state index contributed by atoms with van der Waals surface area (Å²) in [6.07, 6.45) is 2.26. The molecular weight excluding hydrogens is 258 g/mol. The molecule has 0 bridgehead atoms. The number of hydrogen-bond acceptors (Lipinski definition) is 2. The molecule has 0 aromatic heterocycles. The van der Waals surface area contributed by atoms with Crippen LogP contribution in [0.4, 0.5) is 5.69 Å². The number of benzene rings is 2. The van der Waals surface area contributed by atoms with Crippen molar-refractivity contribution in [1.82, 2.24) is 0 Å². The number of nitrogens with one attached hydrogen (secondary N) is 1. The maximum atomic E-state index is 5.90. The van der Waals surface area contributed by atoms with E-state index in [4.69, 9.17) is 4.74 Å². The first-order valence-electron chi connectivity index (χ1n) is 7.32. The van der Waals surface area contributed by atoms with E-state index in [0.717, 1.165) is 11.4 Å². The lowest BCUT2D eigenvalue weighted by Gasteiger charge is -2.31. The van der Waals surface area contributed by atoms with Crippen LogP contribution in [0.25, 0.3) is 5.57 Å². The summed E-state index contributed by atoms with van der Waals surface area (Å²) in [6, 6.07) is 16.5. The highest BCUT2D eigenvalue weighted by molar-refractivity contribution is 5.80. The summed E-state index contributed by atoms with van der Waals surface area (Å²) >= 11 is 0. The third kappa shape index (κ3) is 3.10. The average molecular weight is 279 g/mol. The summed E-state index contributed by atoms with van der Waals surface area (Å²) in [6.45, 7) is 7.11. The maximum absolute atomic E-state index is 5.90. The van der Waals surface area contributed by atoms with Gasteiger partial charge in [-0.25, -0.2) is 0 Å². The Morgan fingerprint density at radius 1 is 1.05 bits per heavy atom. The Morgan fingerprint density at radius 3 is 2.57 bits per heavy atom. The van der Waals surface area contributed by atoms with Crippen LogP contribution in [0.1, 0.15) is 31.9 Å². The van der Waals surface area contributed by atoms with Gasteiger partial charge in [0.1, 0.15) is 12.4 Å². The largest absolute Gasteiger partial charge is 0.489 e. The Kier molecular flexibility index (Phi) is 3.46. The predicted octanol–water partition coefficient (Wildman–Crippen LogP) is 4.87. The molecule has 2 aromatic carbocycles. The van der Waals surface area contributed by atoms with Crippen LogP contribution in [0.3, 0.4) is 0 Å². The van der Waals surface area contributed by atoms with E-state index in [1.807, 2.05) is 24.3 Å². The van der Waals surface area contributed by atoms with E-state index in [2.05, 4.69) is 56.4 Å². The van der Waals surface area contributed by atoms with Crippen molar-refractivity contribution in [3.63, 3.8) is 0 Å². The SMILES string of the molecule is CC1=CC(C)(C)Nc2cc(OCc3ccccc3)ccc21. The van der Waals surface area contributed by atoms with Crippen LogP contribution >= 0.6 is 0 Å². The molecule has 0 radical (unpaired) electrons. The van der Waals surface area contributed by atoms with Crippen LogP contribution in [-0.2, 0) is 6.61 Å². The third-order valence-corrected chi connectivity index (χ3v) is 3.70. The monoisotopic (exact) mass is 279 g/mol. The fourth-order valence-corrected chi connectivity index (χ4v) is 2.80. The number of rotatable bonds is 3. The molecule has 2 nitrogen and oxygen atoms in total. The number of ether oxygens (including phenoxy) is 1. The fourth-order valence-electron chi connectivity index (χ4n) is 2.80. The molecule has 2 aromatic rings. The van der Waals surface area contributed by atoms with Crippen LogP contribution in [0, 0.1) is 0 Å². The van der Waals surface area contributed by atoms with Gasteiger partial charge < -0.3 is 10.1 Å². The molecule has 2 heteroatoms. The molecule has 0 atom stereocenters. The van der Waals surface area contributed by atoms with E-state index < -0.39 is 0 Å². The van der Waals surface area contributed by atoms with Gasteiger partial charge in [0, 0.05) is 17.3 Å². The molecule has 1 aliphatic heterocycles. The molecule has 0 saturated heterocycles. The van der Waals surface area contributed by atoms with Crippen molar-refractivity contribution in [2.45, 2.75) is 32.9 Å². The first-order valence-corrected chi connectivity index (χ1v) is 7.32. The van der Waals surface area contributed by atoms with Gasteiger partial charge in [0.25, 0.3) is 0 Å². The lowest BCUT2D eigenvalue weighted by Crippen LogP contribution is -2.31. The third-order valence-electron chi connectivity index (χ3n) is 3.70. The highest BCUT2D eigenvalue weighted by Crippen LogP contribution is 2.35. The minimum Gasteiger partial charge on any atom is -0.489 e. The van der Waals surface area contributed by atoms with Gasteiger partial charge in [0.05, 0.1) is 5.54 Å².